The van der Waals surface area contributed by atoms with E-state index in [2.05, 4.69) is 21.6 Å². The summed E-state index contributed by atoms with van der Waals surface area (Å²) in [6.07, 6.45) is 6.40. The number of carbonyl (C=O) groups is 1. The lowest BCUT2D eigenvalue weighted by atomic mass is 10.1. The first-order chi connectivity index (χ1) is 9.74. The van der Waals surface area contributed by atoms with Gasteiger partial charge in [0.05, 0.1) is 6.04 Å². The van der Waals surface area contributed by atoms with Gasteiger partial charge >= 0.3 is 0 Å². The van der Waals surface area contributed by atoms with Crippen molar-refractivity contribution < 1.29 is 4.79 Å². The molecule has 2 atom stereocenters. The van der Waals surface area contributed by atoms with Crippen LogP contribution >= 0.6 is 0 Å². The van der Waals surface area contributed by atoms with Crippen LogP contribution in [0.2, 0.25) is 0 Å². The fraction of sp³-hybridized carbons (Fsp3) is 0.938. The van der Waals surface area contributed by atoms with Crippen molar-refractivity contribution in [3.63, 3.8) is 0 Å². The van der Waals surface area contributed by atoms with E-state index < -0.39 is 0 Å². The third kappa shape index (κ3) is 3.17. The first-order valence-corrected chi connectivity index (χ1v) is 8.49. The summed E-state index contributed by atoms with van der Waals surface area (Å²) in [5, 5.41) is 0. The predicted molar refractivity (Wildman–Crippen MR) is 80.6 cm³/mol. The standard InChI is InChI=1S/C16H29N3O/c1-14(16(20)18-9-4-5-10-18)19-11-6-15(13-19)12-17-7-2-3-8-17/h14-15H,2-13H2,1H3/t14-,15-/m0/s1. The van der Waals surface area contributed by atoms with Gasteiger partial charge in [0.25, 0.3) is 0 Å². The largest absolute Gasteiger partial charge is 0.341 e. The Kier molecular flexibility index (Phi) is 4.61. The smallest absolute Gasteiger partial charge is 0.239 e. The van der Waals surface area contributed by atoms with E-state index in [0.717, 1.165) is 32.1 Å². The second-order valence-corrected chi connectivity index (χ2v) is 6.87. The summed E-state index contributed by atoms with van der Waals surface area (Å²) in [7, 11) is 0. The highest BCUT2D eigenvalue weighted by Gasteiger charge is 2.33. The lowest BCUT2D eigenvalue weighted by Crippen LogP contribution is -2.45. The zero-order valence-electron chi connectivity index (χ0n) is 12.9. The number of rotatable bonds is 4. The van der Waals surface area contributed by atoms with Gasteiger partial charge in [-0.1, -0.05) is 0 Å². The molecule has 3 aliphatic heterocycles. The zero-order valence-corrected chi connectivity index (χ0v) is 12.9. The summed E-state index contributed by atoms with van der Waals surface area (Å²) >= 11 is 0. The van der Waals surface area contributed by atoms with Crippen LogP contribution in [0, 0.1) is 5.92 Å². The normalized spacial score (nSPS) is 30.2. The van der Waals surface area contributed by atoms with Gasteiger partial charge in [0.1, 0.15) is 0 Å². The number of carbonyl (C=O) groups excluding carboxylic acids is 1. The molecular formula is C16H29N3O. The highest BCUT2D eigenvalue weighted by atomic mass is 16.2. The molecule has 0 aromatic heterocycles. The van der Waals surface area contributed by atoms with E-state index in [1.807, 2.05) is 0 Å². The summed E-state index contributed by atoms with van der Waals surface area (Å²) < 4.78 is 0. The fourth-order valence-electron chi connectivity index (χ4n) is 4.05. The molecular weight excluding hydrogens is 250 g/mol. The number of likely N-dealkylation sites (tertiary alicyclic amines) is 3. The van der Waals surface area contributed by atoms with Gasteiger partial charge < -0.3 is 9.80 Å². The molecule has 3 aliphatic rings. The molecule has 4 heteroatoms. The molecule has 0 bridgehead atoms. The SMILES string of the molecule is C[C@@H](C(=O)N1CCCC1)N1CC[C@@H](CN2CCCC2)C1. The molecule has 114 valence electrons. The van der Waals surface area contributed by atoms with Crippen LogP contribution in [0.1, 0.15) is 39.0 Å². The minimum atomic E-state index is 0.0941. The second kappa shape index (κ2) is 6.44. The number of nitrogens with zero attached hydrogens (tertiary/aromatic N) is 3. The van der Waals surface area contributed by atoms with Crippen molar-refractivity contribution in [2.45, 2.75) is 45.1 Å². The van der Waals surface area contributed by atoms with E-state index in [1.54, 1.807) is 0 Å². The van der Waals surface area contributed by atoms with E-state index in [-0.39, 0.29) is 6.04 Å². The Labute approximate surface area is 123 Å². The third-order valence-corrected chi connectivity index (χ3v) is 5.36. The quantitative estimate of drug-likeness (QED) is 0.778. The molecule has 3 rings (SSSR count). The van der Waals surface area contributed by atoms with Gasteiger partial charge in [-0.15, -0.1) is 0 Å². The summed E-state index contributed by atoms with van der Waals surface area (Å²) in [5.74, 6) is 1.14. The molecule has 3 heterocycles. The van der Waals surface area contributed by atoms with Gasteiger partial charge in [-0.25, -0.2) is 0 Å². The minimum Gasteiger partial charge on any atom is -0.341 e. The highest BCUT2D eigenvalue weighted by Crippen LogP contribution is 2.23. The molecule has 0 aromatic rings. The Morgan fingerprint density at radius 3 is 2.40 bits per heavy atom. The molecule has 3 fully saturated rings. The zero-order chi connectivity index (χ0) is 13.9. The van der Waals surface area contributed by atoms with E-state index in [4.69, 9.17) is 0 Å². The maximum Gasteiger partial charge on any atom is 0.239 e. The maximum absolute atomic E-state index is 12.5. The van der Waals surface area contributed by atoms with E-state index >= 15 is 0 Å². The number of hydrogen-bond acceptors (Lipinski definition) is 3. The van der Waals surface area contributed by atoms with E-state index in [1.165, 1.54) is 51.7 Å². The first kappa shape index (κ1) is 14.3. The Bertz CT molecular complexity index is 335. The van der Waals surface area contributed by atoms with Crippen molar-refractivity contribution in [1.82, 2.24) is 14.7 Å². The lowest BCUT2D eigenvalue weighted by molar-refractivity contribution is -0.135. The van der Waals surface area contributed by atoms with Crippen molar-refractivity contribution in [3.05, 3.63) is 0 Å². The van der Waals surface area contributed by atoms with E-state index in [0.29, 0.717) is 5.91 Å². The molecule has 4 nitrogen and oxygen atoms in total. The number of hydrogen-bond donors (Lipinski definition) is 0. The van der Waals surface area contributed by atoms with Crippen LogP contribution in [0.25, 0.3) is 0 Å². The van der Waals surface area contributed by atoms with Gasteiger partial charge in [-0.2, -0.15) is 0 Å². The topological polar surface area (TPSA) is 26.8 Å². The minimum absolute atomic E-state index is 0.0941. The summed E-state index contributed by atoms with van der Waals surface area (Å²) in [6, 6.07) is 0.0941. The number of amides is 1. The summed E-state index contributed by atoms with van der Waals surface area (Å²) in [5.41, 5.74) is 0. The molecule has 0 radical (unpaired) electrons. The van der Waals surface area contributed by atoms with Crippen molar-refractivity contribution in [3.8, 4) is 0 Å². The van der Waals surface area contributed by atoms with E-state index in [9.17, 15) is 4.79 Å². The van der Waals surface area contributed by atoms with Crippen molar-refractivity contribution >= 4 is 5.91 Å². The van der Waals surface area contributed by atoms with Crippen molar-refractivity contribution in [2.24, 2.45) is 5.92 Å². The Morgan fingerprint density at radius 1 is 1.05 bits per heavy atom. The Balaban J connectivity index is 1.47. The molecule has 0 saturated carbocycles. The average molecular weight is 279 g/mol. The molecule has 0 N–H and O–H groups in total. The highest BCUT2D eigenvalue weighted by molar-refractivity contribution is 5.81. The lowest BCUT2D eigenvalue weighted by Gasteiger charge is -2.28. The molecule has 20 heavy (non-hydrogen) atoms. The van der Waals surface area contributed by atoms with Crippen LogP contribution in [0.15, 0.2) is 0 Å². The van der Waals surface area contributed by atoms with Crippen LogP contribution in [0.4, 0.5) is 0 Å². The Hall–Kier alpha value is -0.610. The van der Waals surface area contributed by atoms with Crippen LogP contribution < -0.4 is 0 Å². The van der Waals surface area contributed by atoms with Crippen LogP contribution in [-0.2, 0) is 4.79 Å². The van der Waals surface area contributed by atoms with Crippen molar-refractivity contribution in [2.75, 3.05) is 45.8 Å². The predicted octanol–water partition coefficient (Wildman–Crippen LogP) is 1.42. The maximum atomic E-state index is 12.5. The van der Waals surface area contributed by atoms with Crippen LogP contribution in [-0.4, -0.2) is 72.5 Å². The monoisotopic (exact) mass is 279 g/mol. The molecule has 0 aromatic carbocycles. The van der Waals surface area contributed by atoms with Gasteiger partial charge in [-0.05, 0) is 64.6 Å². The van der Waals surface area contributed by atoms with Crippen molar-refractivity contribution in [1.29, 1.82) is 0 Å². The van der Waals surface area contributed by atoms with Crippen LogP contribution in [0.3, 0.4) is 0 Å². The third-order valence-electron chi connectivity index (χ3n) is 5.36. The summed E-state index contributed by atoms with van der Waals surface area (Å²) in [6.45, 7) is 10.1. The van der Waals surface area contributed by atoms with Gasteiger partial charge in [0, 0.05) is 26.2 Å². The fourth-order valence-corrected chi connectivity index (χ4v) is 4.05. The molecule has 3 saturated heterocycles. The molecule has 1 amide bonds. The Morgan fingerprint density at radius 2 is 1.70 bits per heavy atom. The van der Waals surface area contributed by atoms with Crippen LogP contribution in [0.5, 0.6) is 0 Å². The first-order valence-electron chi connectivity index (χ1n) is 8.49. The molecule has 0 spiro atoms. The summed E-state index contributed by atoms with van der Waals surface area (Å²) in [4.78, 5) is 19.6. The molecule has 0 aliphatic carbocycles. The van der Waals surface area contributed by atoms with Gasteiger partial charge in [-0.3, -0.25) is 9.69 Å². The second-order valence-electron chi connectivity index (χ2n) is 6.87. The van der Waals surface area contributed by atoms with Gasteiger partial charge in [0.2, 0.25) is 5.91 Å². The van der Waals surface area contributed by atoms with Gasteiger partial charge in [0.15, 0.2) is 0 Å². The molecule has 0 unspecified atom stereocenters. The average Bonchev–Trinajstić information content (AvgIpc) is 3.19.